The Kier molecular flexibility index (Phi) is 3.38. The summed E-state index contributed by atoms with van der Waals surface area (Å²) in [6.45, 7) is 0. The van der Waals surface area contributed by atoms with Crippen molar-refractivity contribution in [2.24, 2.45) is 11.8 Å². The summed E-state index contributed by atoms with van der Waals surface area (Å²) in [5, 5.41) is 0. The quantitative estimate of drug-likeness (QED) is 0.653. The van der Waals surface area contributed by atoms with Crippen molar-refractivity contribution in [2.75, 3.05) is 0 Å². The molecule has 2 rings (SSSR count). The van der Waals surface area contributed by atoms with E-state index in [1.165, 1.54) is 18.9 Å². The number of hydrogen-bond donors (Lipinski definition) is 2. The SMILES string of the molecule is NNC(Cc1ccc(F)c(Br)c1)C1CC1. The molecule has 82 valence electrons. The highest BCUT2D eigenvalue weighted by atomic mass is 79.9. The van der Waals surface area contributed by atoms with Crippen LogP contribution in [0.5, 0.6) is 0 Å². The molecule has 0 aromatic heterocycles. The third-order valence-electron chi connectivity index (χ3n) is 2.84. The lowest BCUT2D eigenvalue weighted by Crippen LogP contribution is -2.38. The van der Waals surface area contributed by atoms with E-state index in [0.29, 0.717) is 16.4 Å². The van der Waals surface area contributed by atoms with Gasteiger partial charge in [0.2, 0.25) is 0 Å². The first-order valence-electron chi connectivity index (χ1n) is 5.10. The van der Waals surface area contributed by atoms with Crippen molar-refractivity contribution < 1.29 is 4.39 Å². The summed E-state index contributed by atoms with van der Waals surface area (Å²) >= 11 is 3.18. The van der Waals surface area contributed by atoms with Gasteiger partial charge in [-0.05, 0) is 58.8 Å². The van der Waals surface area contributed by atoms with Gasteiger partial charge in [0.25, 0.3) is 0 Å². The average molecular weight is 273 g/mol. The molecule has 0 radical (unpaired) electrons. The Bertz CT molecular complexity index is 352. The number of nitrogens with two attached hydrogens (primary N) is 1. The number of nitrogens with one attached hydrogen (secondary N) is 1. The van der Waals surface area contributed by atoms with Gasteiger partial charge in [0.15, 0.2) is 0 Å². The van der Waals surface area contributed by atoms with Crippen molar-refractivity contribution in [3.05, 3.63) is 34.1 Å². The average Bonchev–Trinajstić information content (AvgIpc) is 3.03. The molecule has 1 fully saturated rings. The number of hydrogen-bond acceptors (Lipinski definition) is 2. The van der Waals surface area contributed by atoms with Crippen molar-refractivity contribution in [2.45, 2.75) is 25.3 Å². The highest BCUT2D eigenvalue weighted by Crippen LogP contribution is 2.34. The van der Waals surface area contributed by atoms with E-state index in [-0.39, 0.29) is 5.82 Å². The molecule has 4 heteroatoms. The van der Waals surface area contributed by atoms with Gasteiger partial charge in [-0.2, -0.15) is 0 Å². The predicted octanol–water partition coefficient (Wildman–Crippen LogP) is 2.37. The lowest BCUT2D eigenvalue weighted by Gasteiger charge is -2.15. The maximum atomic E-state index is 13.0. The van der Waals surface area contributed by atoms with Crippen molar-refractivity contribution >= 4 is 15.9 Å². The molecule has 15 heavy (non-hydrogen) atoms. The smallest absolute Gasteiger partial charge is 0.137 e. The van der Waals surface area contributed by atoms with Gasteiger partial charge in [0.05, 0.1) is 4.47 Å². The summed E-state index contributed by atoms with van der Waals surface area (Å²) in [4.78, 5) is 0. The van der Waals surface area contributed by atoms with Crippen LogP contribution in [0.3, 0.4) is 0 Å². The van der Waals surface area contributed by atoms with Crippen LogP contribution in [0.2, 0.25) is 0 Å². The second-order valence-electron chi connectivity index (χ2n) is 4.06. The minimum Gasteiger partial charge on any atom is -0.271 e. The maximum absolute atomic E-state index is 13.0. The number of rotatable bonds is 4. The number of hydrazine groups is 1. The van der Waals surface area contributed by atoms with Crippen molar-refractivity contribution in [1.29, 1.82) is 0 Å². The Balaban J connectivity index is 2.05. The van der Waals surface area contributed by atoms with Crippen LogP contribution in [0.4, 0.5) is 4.39 Å². The van der Waals surface area contributed by atoms with Gasteiger partial charge in [0.1, 0.15) is 5.82 Å². The van der Waals surface area contributed by atoms with E-state index in [9.17, 15) is 4.39 Å². The van der Waals surface area contributed by atoms with Crippen LogP contribution in [-0.2, 0) is 6.42 Å². The molecule has 1 aliphatic carbocycles. The van der Waals surface area contributed by atoms with Gasteiger partial charge in [-0.1, -0.05) is 6.07 Å². The van der Waals surface area contributed by atoms with E-state index in [0.717, 1.165) is 12.0 Å². The molecular formula is C11H14BrFN2. The molecule has 1 saturated carbocycles. The molecule has 0 heterocycles. The second-order valence-corrected chi connectivity index (χ2v) is 4.92. The predicted molar refractivity (Wildman–Crippen MR) is 61.6 cm³/mol. The van der Waals surface area contributed by atoms with E-state index in [1.54, 1.807) is 0 Å². The number of halogens is 2. The first kappa shape index (κ1) is 11.0. The minimum atomic E-state index is -0.220. The topological polar surface area (TPSA) is 38.0 Å². The van der Waals surface area contributed by atoms with Crippen LogP contribution in [0, 0.1) is 11.7 Å². The fourth-order valence-corrected chi connectivity index (χ4v) is 2.21. The van der Waals surface area contributed by atoms with E-state index >= 15 is 0 Å². The van der Waals surface area contributed by atoms with Crippen LogP contribution in [0.15, 0.2) is 22.7 Å². The molecule has 0 amide bonds. The van der Waals surface area contributed by atoms with Crippen LogP contribution in [0.25, 0.3) is 0 Å². The third kappa shape index (κ3) is 2.77. The van der Waals surface area contributed by atoms with Crippen molar-refractivity contribution in [3.63, 3.8) is 0 Å². The Labute approximate surface area is 97.1 Å². The van der Waals surface area contributed by atoms with E-state index < -0.39 is 0 Å². The Morgan fingerprint density at radius 2 is 2.27 bits per heavy atom. The van der Waals surface area contributed by atoms with Crippen LogP contribution >= 0.6 is 15.9 Å². The second kappa shape index (κ2) is 4.60. The molecule has 1 unspecified atom stereocenters. The minimum absolute atomic E-state index is 0.220. The van der Waals surface area contributed by atoms with Crippen LogP contribution in [0.1, 0.15) is 18.4 Å². The van der Waals surface area contributed by atoms with Gasteiger partial charge in [-0.15, -0.1) is 0 Å². The van der Waals surface area contributed by atoms with Gasteiger partial charge >= 0.3 is 0 Å². The molecule has 3 N–H and O–H groups in total. The highest BCUT2D eigenvalue weighted by Gasteiger charge is 2.30. The van der Waals surface area contributed by atoms with Crippen LogP contribution < -0.4 is 11.3 Å². The summed E-state index contributed by atoms with van der Waals surface area (Å²) in [6, 6.07) is 5.44. The monoisotopic (exact) mass is 272 g/mol. The first-order valence-corrected chi connectivity index (χ1v) is 5.90. The molecule has 1 aromatic carbocycles. The summed E-state index contributed by atoms with van der Waals surface area (Å²) in [5.41, 5.74) is 3.95. The zero-order valence-electron chi connectivity index (χ0n) is 8.34. The van der Waals surface area contributed by atoms with Crippen LogP contribution in [-0.4, -0.2) is 6.04 Å². The molecule has 0 saturated heterocycles. The molecule has 0 bridgehead atoms. The van der Waals surface area contributed by atoms with Crippen molar-refractivity contribution in [3.8, 4) is 0 Å². The van der Waals surface area contributed by atoms with Crippen molar-refractivity contribution in [1.82, 2.24) is 5.43 Å². The maximum Gasteiger partial charge on any atom is 0.137 e. The largest absolute Gasteiger partial charge is 0.271 e. The standard InChI is InChI=1S/C11H14BrFN2/c12-9-5-7(1-4-10(9)13)6-11(15-14)8-2-3-8/h1,4-5,8,11,15H,2-3,6,14H2. The fraction of sp³-hybridized carbons (Fsp3) is 0.455. The molecule has 0 aliphatic heterocycles. The molecule has 1 aliphatic rings. The Hall–Kier alpha value is -0.450. The normalized spacial score (nSPS) is 17.8. The molecule has 2 nitrogen and oxygen atoms in total. The Morgan fingerprint density at radius 1 is 1.53 bits per heavy atom. The van der Waals surface area contributed by atoms with E-state index in [1.807, 2.05) is 12.1 Å². The van der Waals surface area contributed by atoms with Gasteiger partial charge in [0, 0.05) is 6.04 Å². The van der Waals surface area contributed by atoms with Gasteiger partial charge in [-0.3, -0.25) is 11.3 Å². The fourth-order valence-electron chi connectivity index (χ4n) is 1.78. The molecule has 0 spiro atoms. The first-order chi connectivity index (χ1) is 7.20. The number of benzene rings is 1. The lowest BCUT2D eigenvalue weighted by atomic mass is 10.0. The zero-order chi connectivity index (χ0) is 10.8. The lowest BCUT2D eigenvalue weighted by molar-refractivity contribution is 0.472. The summed E-state index contributed by atoms with van der Waals surface area (Å²) in [7, 11) is 0. The third-order valence-corrected chi connectivity index (χ3v) is 3.45. The highest BCUT2D eigenvalue weighted by molar-refractivity contribution is 9.10. The Morgan fingerprint density at radius 3 is 2.80 bits per heavy atom. The zero-order valence-corrected chi connectivity index (χ0v) is 9.93. The molecule has 1 atom stereocenters. The van der Waals surface area contributed by atoms with Gasteiger partial charge in [-0.25, -0.2) is 4.39 Å². The van der Waals surface area contributed by atoms with E-state index in [4.69, 9.17) is 5.84 Å². The summed E-state index contributed by atoms with van der Waals surface area (Å²) in [5.74, 6) is 5.97. The van der Waals surface area contributed by atoms with E-state index in [2.05, 4.69) is 21.4 Å². The summed E-state index contributed by atoms with van der Waals surface area (Å²) in [6.07, 6.45) is 3.36. The summed E-state index contributed by atoms with van der Waals surface area (Å²) < 4.78 is 13.5. The molecule has 1 aromatic rings. The van der Waals surface area contributed by atoms with Gasteiger partial charge < -0.3 is 0 Å². The molecular weight excluding hydrogens is 259 g/mol.